The van der Waals surface area contributed by atoms with Crippen molar-refractivity contribution in [3.63, 3.8) is 0 Å². The molecule has 0 aromatic carbocycles. The van der Waals surface area contributed by atoms with Gasteiger partial charge in [0, 0.05) is 0 Å². The highest BCUT2D eigenvalue weighted by Crippen LogP contribution is 2.45. The Kier molecular flexibility index (Phi) is 5.43. The van der Waals surface area contributed by atoms with Gasteiger partial charge < -0.3 is 10.2 Å². The molecule has 0 bridgehead atoms. The van der Waals surface area contributed by atoms with Crippen molar-refractivity contribution in [1.29, 1.82) is 0 Å². The molecule has 1 saturated carbocycles. The lowest BCUT2D eigenvalue weighted by molar-refractivity contribution is -0.157. The first kappa shape index (κ1) is 16.5. The Morgan fingerprint density at radius 3 is 2.21 bits per heavy atom. The molecule has 1 rings (SSSR count). The van der Waals surface area contributed by atoms with Gasteiger partial charge in [-0.1, -0.05) is 40.5 Å². The van der Waals surface area contributed by atoms with Gasteiger partial charge in [0.05, 0.1) is 11.5 Å². The summed E-state index contributed by atoms with van der Waals surface area (Å²) in [6.07, 6.45) is 5.60. The average molecular weight is 270 g/mol. The molecule has 0 aromatic heterocycles. The number of aliphatic hydroxyl groups is 1. The number of hydrogen-bond donors (Lipinski definition) is 2. The van der Waals surface area contributed by atoms with Crippen molar-refractivity contribution in [1.82, 2.24) is 0 Å². The zero-order valence-electron chi connectivity index (χ0n) is 12.9. The first-order chi connectivity index (χ1) is 8.70. The first-order valence-electron chi connectivity index (χ1n) is 7.66. The minimum atomic E-state index is -0.983. The summed E-state index contributed by atoms with van der Waals surface area (Å²) in [4.78, 5) is 11.4. The molecule has 0 amide bonds. The summed E-state index contributed by atoms with van der Waals surface area (Å²) in [7, 11) is 0. The molecule has 1 aliphatic carbocycles. The zero-order chi connectivity index (χ0) is 14.7. The van der Waals surface area contributed by atoms with E-state index in [9.17, 15) is 15.0 Å². The van der Waals surface area contributed by atoms with Crippen LogP contribution in [0.25, 0.3) is 0 Å². The van der Waals surface area contributed by atoms with Crippen LogP contribution in [0.3, 0.4) is 0 Å². The fraction of sp³-hybridized carbons (Fsp3) is 0.938. The third kappa shape index (κ3) is 4.20. The van der Waals surface area contributed by atoms with Crippen molar-refractivity contribution < 1.29 is 15.0 Å². The molecular weight excluding hydrogens is 240 g/mol. The van der Waals surface area contributed by atoms with Crippen molar-refractivity contribution in [2.75, 3.05) is 0 Å². The molecule has 112 valence electrons. The van der Waals surface area contributed by atoms with E-state index in [4.69, 9.17) is 0 Å². The first-order valence-corrected chi connectivity index (χ1v) is 7.66. The van der Waals surface area contributed by atoms with Crippen LogP contribution in [0.5, 0.6) is 0 Å². The number of carboxylic acid groups (broad SMARTS) is 1. The van der Waals surface area contributed by atoms with Gasteiger partial charge >= 0.3 is 5.97 Å². The van der Waals surface area contributed by atoms with Crippen LogP contribution in [0.2, 0.25) is 0 Å². The maximum atomic E-state index is 11.4. The number of carbonyl (C=O) groups is 1. The Morgan fingerprint density at radius 1 is 1.32 bits per heavy atom. The molecule has 3 nitrogen and oxygen atoms in total. The molecule has 3 heteroatoms. The lowest BCUT2D eigenvalue weighted by Gasteiger charge is -2.43. The SMILES string of the molecule is CCCCC(C(=O)O)C1(O)CCC(C(C)(C)C)CC1. The minimum Gasteiger partial charge on any atom is -0.481 e. The summed E-state index contributed by atoms with van der Waals surface area (Å²) in [6.45, 7) is 8.74. The molecule has 0 heterocycles. The van der Waals surface area contributed by atoms with Gasteiger partial charge in [0.25, 0.3) is 0 Å². The van der Waals surface area contributed by atoms with Crippen molar-refractivity contribution in [2.45, 2.75) is 78.2 Å². The molecule has 1 fully saturated rings. The Balaban J connectivity index is 2.69. The maximum Gasteiger partial charge on any atom is 0.309 e. The van der Waals surface area contributed by atoms with Crippen molar-refractivity contribution in [2.24, 2.45) is 17.3 Å². The lowest BCUT2D eigenvalue weighted by Crippen LogP contribution is -2.46. The van der Waals surface area contributed by atoms with Crippen molar-refractivity contribution >= 4 is 5.97 Å². The van der Waals surface area contributed by atoms with E-state index in [1.165, 1.54) is 0 Å². The van der Waals surface area contributed by atoms with E-state index < -0.39 is 17.5 Å². The van der Waals surface area contributed by atoms with Crippen LogP contribution in [0.1, 0.15) is 72.6 Å². The van der Waals surface area contributed by atoms with E-state index in [0.717, 1.165) is 25.7 Å². The average Bonchev–Trinajstić information content (AvgIpc) is 2.28. The van der Waals surface area contributed by atoms with E-state index in [-0.39, 0.29) is 5.41 Å². The van der Waals surface area contributed by atoms with Crippen molar-refractivity contribution in [3.8, 4) is 0 Å². The highest BCUT2D eigenvalue weighted by Gasteiger charge is 2.45. The second kappa shape index (κ2) is 6.25. The third-order valence-electron chi connectivity index (χ3n) is 4.87. The summed E-state index contributed by atoms with van der Waals surface area (Å²) < 4.78 is 0. The molecule has 0 saturated heterocycles. The van der Waals surface area contributed by atoms with E-state index in [1.54, 1.807) is 0 Å². The highest BCUT2D eigenvalue weighted by molar-refractivity contribution is 5.71. The van der Waals surface area contributed by atoms with Crippen LogP contribution in [-0.2, 0) is 4.79 Å². The van der Waals surface area contributed by atoms with Gasteiger partial charge in [-0.15, -0.1) is 0 Å². The van der Waals surface area contributed by atoms with E-state index in [0.29, 0.717) is 25.2 Å². The molecule has 1 unspecified atom stereocenters. The molecule has 2 N–H and O–H groups in total. The fourth-order valence-corrected chi connectivity index (χ4v) is 3.36. The second-order valence-corrected chi connectivity index (χ2v) is 7.28. The van der Waals surface area contributed by atoms with Crippen molar-refractivity contribution in [3.05, 3.63) is 0 Å². The predicted molar refractivity (Wildman–Crippen MR) is 77.0 cm³/mol. The molecule has 1 atom stereocenters. The van der Waals surface area contributed by atoms with Gasteiger partial charge in [-0.2, -0.15) is 0 Å². The zero-order valence-corrected chi connectivity index (χ0v) is 12.9. The van der Waals surface area contributed by atoms with Gasteiger partial charge in [0.2, 0.25) is 0 Å². The van der Waals surface area contributed by atoms with Gasteiger partial charge in [-0.05, 0) is 43.4 Å². The highest BCUT2D eigenvalue weighted by atomic mass is 16.4. The Hall–Kier alpha value is -0.570. The predicted octanol–water partition coefficient (Wildman–Crippen LogP) is 3.84. The summed E-state index contributed by atoms with van der Waals surface area (Å²) >= 11 is 0. The number of rotatable bonds is 5. The van der Waals surface area contributed by atoms with Crippen LogP contribution >= 0.6 is 0 Å². The van der Waals surface area contributed by atoms with E-state index in [1.807, 2.05) is 0 Å². The quantitative estimate of drug-likeness (QED) is 0.798. The van der Waals surface area contributed by atoms with E-state index in [2.05, 4.69) is 27.7 Å². The van der Waals surface area contributed by atoms with Crippen LogP contribution < -0.4 is 0 Å². The van der Waals surface area contributed by atoms with Crippen LogP contribution in [0.4, 0.5) is 0 Å². The minimum absolute atomic E-state index is 0.253. The second-order valence-electron chi connectivity index (χ2n) is 7.28. The number of aliphatic carboxylic acids is 1. The number of carboxylic acids is 1. The smallest absolute Gasteiger partial charge is 0.309 e. The summed E-state index contributed by atoms with van der Waals surface area (Å²) in [5, 5.41) is 20.1. The van der Waals surface area contributed by atoms with Crippen LogP contribution in [-0.4, -0.2) is 21.8 Å². The summed E-state index contributed by atoms with van der Waals surface area (Å²) in [5.74, 6) is -0.827. The largest absolute Gasteiger partial charge is 0.481 e. The summed E-state index contributed by atoms with van der Waals surface area (Å²) in [6, 6.07) is 0. The molecule has 0 aromatic rings. The fourth-order valence-electron chi connectivity index (χ4n) is 3.36. The maximum absolute atomic E-state index is 11.4. The Labute approximate surface area is 117 Å². The number of hydrogen-bond acceptors (Lipinski definition) is 2. The normalized spacial score (nSPS) is 30.1. The van der Waals surface area contributed by atoms with Crippen LogP contribution in [0, 0.1) is 17.3 Å². The summed E-state index contributed by atoms with van der Waals surface area (Å²) in [5.41, 5.74) is -0.730. The van der Waals surface area contributed by atoms with Gasteiger partial charge in [0.1, 0.15) is 0 Å². The Bertz CT molecular complexity index is 296. The Morgan fingerprint density at radius 2 is 1.84 bits per heavy atom. The topological polar surface area (TPSA) is 57.5 Å². The van der Waals surface area contributed by atoms with Gasteiger partial charge in [0.15, 0.2) is 0 Å². The molecule has 1 aliphatic rings. The monoisotopic (exact) mass is 270 g/mol. The molecule has 0 spiro atoms. The van der Waals surface area contributed by atoms with E-state index >= 15 is 0 Å². The molecule has 19 heavy (non-hydrogen) atoms. The molecular formula is C16H30O3. The molecule has 0 radical (unpaired) electrons. The van der Waals surface area contributed by atoms with Gasteiger partial charge in [-0.3, -0.25) is 4.79 Å². The third-order valence-corrected chi connectivity index (χ3v) is 4.87. The standard InChI is InChI=1S/C16H30O3/c1-5-6-7-13(14(17)18)16(19)10-8-12(9-11-16)15(2,3)4/h12-13,19H,5-11H2,1-4H3,(H,17,18). The van der Waals surface area contributed by atoms with Gasteiger partial charge in [-0.25, -0.2) is 0 Å². The van der Waals surface area contributed by atoms with Crippen LogP contribution in [0.15, 0.2) is 0 Å². The number of unbranched alkanes of at least 4 members (excludes halogenated alkanes) is 1. The lowest BCUT2D eigenvalue weighted by atomic mass is 9.65. The molecule has 0 aliphatic heterocycles.